The third-order valence-electron chi connectivity index (χ3n) is 2.89. The van der Waals surface area contributed by atoms with Crippen LogP contribution in [0.25, 0.3) is 0 Å². The minimum Gasteiger partial charge on any atom is -0.465 e. The maximum atomic E-state index is 12.7. The standard InChI is InChI=1S/C13H15F3N2O3/c1-7-4-5-9(8(6-7)10(19)21-3)18-11(20)12(2,17)13(14,15)16/h4-6H,17H2,1-3H3,(H,18,20). The maximum Gasteiger partial charge on any atom is 0.415 e. The molecule has 1 atom stereocenters. The average molecular weight is 304 g/mol. The third kappa shape index (κ3) is 3.52. The van der Waals surface area contributed by atoms with E-state index in [2.05, 4.69) is 4.74 Å². The summed E-state index contributed by atoms with van der Waals surface area (Å²) in [5.74, 6) is -2.25. The van der Waals surface area contributed by atoms with E-state index in [1.54, 1.807) is 6.92 Å². The molecule has 1 aromatic carbocycles. The van der Waals surface area contributed by atoms with Crippen molar-refractivity contribution in [3.05, 3.63) is 29.3 Å². The van der Waals surface area contributed by atoms with Gasteiger partial charge in [-0.05, 0) is 26.0 Å². The largest absolute Gasteiger partial charge is 0.465 e. The topological polar surface area (TPSA) is 81.4 Å². The summed E-state index contributed by atoms with van der Waals surface area (Å²) in [6, 6.07) is 4.23. The number of nitrogens with two attached hydrogens (primary N) is 1. The van der Waals surface area contributed by atoms with Crippen molar-refractivity contribution in [1.29, 1.82) is 0 Å². The van der Waals surface area contributed by atoms with Crippen molar-refractivity contribution in [3.8, 4) is 0 Å². The van der Waals surface area contributed by atoms with Crippen LogP contribution >= 0.6 is 0 Å². The second-order valence-corrected chi connectivity index (χ2v) is 4.69. The SMILES string of the molecule is COC(=O)c1cc(C)ccc1NC(=O)C(C)(N)C(F)(F)F. The van der Waals surface area contributed by atoms with Gasteiger partial charge in [-0.2, -0.15) is 13.2 Å². The van der Waals surface area contributed by atoms with Gasteiger partial charge in [0.15, 0.2) is 5.54 Å². The van der Waals surface area contributed by atoms with Crippen LogP contribution in [0.2, 0.25) is 0 Å². The van der Waals surface area contributed by atoms with E-state index in [0.29, 0.717) is 12.5 Å². The Morgan fingerprint density at radius 1 is 1.29 bits per heavy atom. The third-order valence-corrected chi connectivity index (χ3v) is 2.89. The Hall–Kier alpha value is -2.09. The average Bonchev–Trinajstić information content (AvgIpc) is 2.38. The van der Waals surface area contributed by atoms with Crippen molar-refractivity contribution in [3.63, 3.8) is 0 Å². The highest BCUT2D eigenvalue weighted by molar-refractivity contribution is 6.04. The predicted octanol–water partition coefficient (Wildman–Crippen LogP) is 2.00. The minimum absolute atomic E-state index is 0.0520. The van der Waals surface area contributed by atoms with Gasteiger partial charge in [0.05, 0.1) is 18.4 Å². The van der Waals surface area contributed by atoms with E-state index < -0.39 is 23.6 Å². The highest BCUT2D eigenvalue weighted by Gasteiger charge is 2.54. The van der Waals surface area contributed by atoms with Crippen LogP contribution in [0.4, 0.5) is 18.9 Å². The molecule has 0 radical (unpaired) electrons. The number of carbonyl (C=O) groups is 2. The second kappa shape index (κ2) is 5.72. The van der Waals surface area contributed by atoms with Gasteiger partial charge < -0.3 is 15.8 Å². The smallest absolute Gasteiger partial charge is 0.415 e. The number of esters is 1. The summed E-state index contributed by atoms with van der Waals surface area (Å²) in [6.07, 6.45) is -4.92. The number of hydrogen-bond acceptors (Lipinski definition) is 4. The molecule has 0 bridgehead atoms. The van der Waals surface area contributed by atoms with E-state index in [9.17, 15) is 22.8 Å². The molecule has 0 saturated heterocycles. The Morgan fingerprint density at radius 3 is 2.33 bits per heavy atom. The fourth-order valence-electron chi connectivity index (χ4n) is 1.43. The van der Waals surface area contributed by atoms with Gasteiger partial charge in [0, 0.05) is 0 Å². The molecule has 3 N–H and O–H groups in total. The first kappa shape index (κ1) is 17.0. The number of carbonyl (C=O) groups excluding carboxylic acids is 2. The van der Waals surface area contributed by atoms with Gasteiger partial charge in [0.25, 0.3) is 5.91 Å². The lowest BCUT2D eigenvalue weighted by Crippen LogP contribution is -2.59. The first-order valence-electron chi connectivity index (χ1n) is 5.86. The van der Waals surface area contributed by atoms with Crippen LogP contribution in [0, 0.1) is 6.92 Å². The van der Waals surface area contributed by atoms with E-state index in [0.717, 1.165) is 7.11 Å². The normalized spacial score (nSPS) is 14.2. The molecule has 116 valence electrons. The zero-order chi connectivity index (χ0) is 16.4. The second-order valence-electron chi connectivity index (χ2n) is 4.69. The van der Waals surface area contributed by atoms with Gasteiger partial charge in [-0.1, -0.05) is 11.6 Å². The number of halogens is 3. The number of amides is 1. The van der Waals surface area contributed by atoms with Crippen molar-refractivity contribution in [2.75, 3.05) is 12.4 Å². The van der Waals surface area contributed by atoms with E-state index in [1.165, 1.54) is 18.2 Å². The van der Waals surface area contributed by atoms with Crippen LogP contribution in [0.15, 0.2) is 18.2 Å². The predicted molar refractivity (Wildman–Crippen MR) is 69.8 cm³/mol. The number of alkyl halides is 3. The molecule has 1 unspecified atom stereocenters. The number of anilines is 1. The van der Waals surface area contributed by atoms with Gasteiger partial charge >= 0.3 is 12.1 Å². The fourth-order valence-corrected chi connectivity index (χ4v) is 1.43. The number of benzene rings is 1. The Morgan fingerprint density at radius 2 is 1.86 bits per heavy atom. The van der Waals surface area contributed by atoms with E-state index >= 15 is 0 Å². The molecule has 0 spiro atoms. The van der Waals surface area contributed by atoms with Crippen molar-refractivity contribution in [2.24, 2.45) is 5.73 Å². The number of nitrogens with one attached hydrogen (secondary N) is 1. The van der Waals surface area contributed by atoms with Gasteiger partial charge in [0.2, 0.25) is 0 Å². The summed E-state index contributed by atoms with van der Waals surface area (Å²) in [7, 11) is 1.12. The fraction of sp³-hybridized carbons (Fsp3) is 0.385. The molecule has 0 aromatic heterocycles. The lowest BCUT2D eigenvalue weighted by molar-refractivity contribution is -0.184. The molecule has 8 heteroatoms. The Balaban J connectivity index is 3.14. The van der Waals surface area contributed by atoms with Gasteiger partial charge in [-0.3, -0.25) is 4.79 Å². The number of hydrogen-bond donors (Lipinski definition) is 2. The summed E-state index contributed by atoms with van der Waals surface area (Å²) in [6.45, 7) is 2.23. The highest BCUT2D eigenvalue weighted by atomic mass is 19.4. The molecule has 0 aliphatic heterocycles. The van der Waals surface area contributed by atoms with Crippen LogP contribution in [-0.4, -0.2) is 30.7 Å². The molecule has 21 heavy (non-hydrogen) atoms. The zero-order valence-corrected chi connectivity index (χ0v) is 11.7. The summed E-state index contributed by atoms with van der Waals surface area (Å²) >= 11 is 0. The molecule has 0 fully saturated rings. The molecule has 5 nitrogen and oxygen atoms in total. The van der Waals surface area contributed by atoms with Crippen LogP contribution in [0.1, 0.15) is 22.8 Å². The van der Waals surface area contributed by atoms with Crippen LogP contribution in [-0.2, 0) is 9.53 Å². The van der Waals surface area contributed by atoms with Crippen LogP contribution in [0.3, 0.4) is 0 Å². The maximum absolute atomic E-state index is 12.7. The minimum atomic E-state index is -4.92. The number of rotatable bonds is 3. The number of ether oxygens (including phenoxy) is 1. The molecular formula is C13H15F3N2O3. The number of aryl methyl sites for hydroxylation is 1. The van der Waals surface area contributed by atoms with Gasteiger partial charge in [-0.15, -0.1) is 0 Å². The first-order valence-corrected chi connectivity index (χ1v) is 5.86. The van der Waals surface area contributed by atoms with E-state index in [1.807, 2.05) is 5.32 Å². The van der Waals surface area contributed by atoms with E-state index in [4.69, 9.17) is 5.73 Å². The van der Waals surface area contributed by atoms with Crippen LogP contribution in [0.5, 0.6) is 0 Å². The Kier molecular flexibility index (Phi) is 4.62. The first-order chi connectivity index (χ1) is 9.50. The monoisotopic (exact) mass is 304 g/mol. The Bertz CT molecular complexity index is 568. The lowest BCUT2D eigenvalue weighted by Gasteiger charge is -2.26. The van der Waals surface area contributed by atoms with Crippen LogP contribution < -0.4 is 11.1 Å². The lowest BCUT2D eigenvalue weighted by atomic mass is 10.0. The van der Waals surface area contributed by atoms with Crippen molar-refractivity contribution >= 4 is 17.6 Å². The molecule has 1 amide bonds. The molecule has 0 aliphatic carbocycles. The van der Waals surface area contributed by atoms with Gasteiger partial charge in [0.1, 0.15) is 0 Å². The summed E-state index contributed by atoms with van der Waals surface area (Å²) < 4.78 is 42.6. The quantitative estimate of drug-likeness (QED) is 0.837. The highest BCUT2D eigenvalue weighted by Crippen LogP contribution is 2.29. The summed E-state index contributed by atoms with van der Waals surface area (Å²) in [5, 5.41) is 2.02. The van der Waals surface area contributed by atoms with E-state index in [-0.39, 0.29) is 11.3 Å². The van der Waals surface area contributed by atoms with Crippen molar-refractivity contribution < 1.29 is 27.5 Å². The summed E-state index contributed by atoms with van der Waals surface area (Å²) in [5.41, 5.74) is 2.47. The molecule has 0 heterocycles. The molecule has 0 aliphatic rings. The molecule has 1 aromatic rings. The molecule has 0 saturated carbocycles. The summed E-state index contributed by atoms with van der Waals surface area (Å²) in [4.78, 5) is 23.3. The Labute approximate surface area is 119 Å². The van der Waals surface area contributed by atoms with Crippen molar-refractivity contribution in [1.82, 2.24) is 0 Å². The molecular weight excluding hydrogens is 289 g/mol. The number of methoxy groups -OCH3 is 1. The zero-order valence-electron chi connectivity index (χ0n) is 11.7. The van der Waals surface area contributed by atoms with Crippen molar-refractivity contribution in [2.45, 2.75) is 25.6 Å². The van der Waals surface area contributed by atoms with Gasteiger partial charge in [-0.25, -0.2) is 4.79 Å². The molecule has 1 rings (SSSR count).